The molecule has 0 aromatic heterocycles. The number of fused-ring (bicyclic) bond motifs is 6. The summed E-state index contributed by atoms with van der Waals surface area (Å²) in [5, 5.41) is 3.73. The van der Waals surface area contributed by atoms with Gasteiger partial charge in [0.1, 0.15) is 5.54 Å². The number of aryl methyl sites for hydroxylation is 1. The Hall–Kier alpha value is -2.60. The molecule has 3 heterocycles. The zero-order chi connectivity index (χ0) is 23.2. The van der Waals surface area contributed by atoms with E-state index < -0.39 is 11.0 Å². The third kappa shape index (κ3) is 2.31. The highest BCUT2D eigenvalue weighted by molar-refractivity contribution is 7.99. The number of Topliss-reactive ketones (excluding diaryl/α,β-unsaturated/α-hetero) is 1. The smallest absolute Gasteiger partial charge is 0.250 e. The average Bonchev–Trinajstić information content (AvgIpc) is 3.54. The minimum atomic E-state index is -1.10. The molecule has 6 heteroatoms. The molecule has 4 aliphatic rings. The van der Waals surface area contributed by atoms with E-state index in [-0.39, 0.29) is 23.7 Å². The Kier molecular flexibility index (Phi) is 4.25. The van der Waals surface area contributed by atoms with Crippen molar-refractivity contribution in [3.63, 3.8) is 0 Å². The summed E-state index contributed by atoms with van der Waals surface area (Å²) in [5.74, 6) is 1.45. The van der Waals surface area contributed by atoms with Crippen LogP contribution >= 0.6 is 23.4 Å². The van der Waals surface area contributed by atoms with Gasteiger partial charge < -0.3 is 5.32 Å². The first-order valence-electron chi connectivity index (χ1n) is 11.6. The maximum Gasteiger partial charge on any atom is 0.250 e. The zero-order valence-electron chi connectivity index (χ0n) is 18.7. The molecule has 2 saturated heterocycles. The first kappa shape index (κ1) is 20.7. The number of hydrogen-bond acceptors (Lipinski definition) is 4. The van der Waals surface area contributed by atoms with Crippen LogP contribution in [0.3, 0.4) is 0 Å². The number of halogens is 1. The largest absolute Gasteiger partial charge is 0.324 e. The van der Waals surface area contributed by atoms with Gasteiger partial charge >= 0.3 is 0 Å². The molecule has 170 valence electrons. The Balaban J connectivity index is 1.59. The number of carbonyl (C=O) groups is 2. The monoisotopic (exact) mass is 486 g/mol. The SMILES string of the molecule is Cc1ccc([C@H]2[C@@H]3CSCN3[C@@]3(C(=O)Nc4ccc(Cl)cc43)[C@@]23Cc2ccccc2C3=O)cc1. The van der Waals surface area contributed by atoms with Crippen LogP contribution in [0.2, 0.25) is 5.02 Å². The van der Waals surface area contributed by atoms with Gasteiger partial charge in [0.15, 0.2) is 5.78 Å². The highest BCUT2D eigenvalue weighted by atomic mass is 35.5. The van der Waals surface area contributed by atoms with Crippen molar-refractivity contribution in [3.05, 3.63) is 99.6 Å². The van der Waals surface area contributed by atoms with E-state index in [4.69, 9.17) is 11.6 Å². The van der Waals surface area contributed by atoms with E-state index in [0.717, 1.165) is 33.7 Å². The molecule has 3 aliphatic heterocycles. The van der Waals surface area contributed by atoms with Crippen molar-refractivity contribution in [2.75, 3.05) is 16.9 Å². The van der Waals surface area contributed by atoms with E-state index in [1.807, 2.05) is 48.2 Å². The minimum Gasteiger partial charge on any atom is -0.324 e. The van der Waals surface area contributed by atoms with E-state index in [2.05, 4.69) is 41.4 Å². The normalized spacial score (nSPS) is 31.2. The van der Waals surface area contributed by atoms with Crippen molar-refractivity contribution >= 4 is 40.7 Å². The summed E-state index contributed by atoms with van der Waals surface area (Å²) >= 11 is 8.36. The summed E-state index contributed by atoms with van der Waals surface area (Å²) in [6.07, 6.45) is 0.539. The molecule has 3 aromatic carbocycles. The Morgan fingerprint density at radius 1 is 1.06 bits per heavy atom. The lowest BCUT2D eigenvalue weighted by Crippen LogP contribution is -2.58. The number of hydrogen-bond donors (Lipinski definition) is 1. The number of rotatable bonds is 1. The predicted octanol–water partition coefficient (Wildman–Crippen LogP) is 5.39. The van der Waals surface area contributed by atoms with Crippen LogP contribution in [-0.2, 0) is 16.8 Å². The second-order valence-corrected chi connectivity index (χ2v) is 11.4. The van der Waals surface area contributed by atoms with Gasteiger partial charge in [0.25, 0.3) is 5.91 Å². The summed E-state index contributed by atoms with van der Waals surface area (Å²) in [6, 6.07) is 22.1. The molecule has 4 nitrogen and oxygen atoms in total. The molecule has 1 amide bonds. The molecule has 0 unspecified atom stereocenters. The summed E-state index contributed by atoms with van der Waals surface area (Å²) in [5.41, 5.74) is 3.64. The predicted molar refractivity (Wildman–Crippen MR) is 136 cm³/mol. The lowest BCUT2D eigenvalue weighted by atomic mass is 9.58. The summed E-state index contributed by atoms with van der Waals surface area (Å²) in [6.45, 7) is 2.08. The van der Waals surface area contributed by atoms with E-state index in [9.17, 15) is 9.59 Å². The number of nitrogens with zero attached hydrogens (tertiary/aromatic N) is 1. The molecular formula is C28H23ClN2O2S. The van der Waals surface area contributed by atoms with E-state index in [1.54, 1.807) is 6.07 Å². The molecule has 7 rings (SSSR count). The number of nitrogens with one attached hydrogen (secondary N) is 1. The van der Waals surface area contributed by atoms with E-state index in [1.165, 1.54) is 5.56 Å². The molecule has 34 heavy (non-hydrogen) atoms. The number of carbonyl (C=O) groups excluding carboxylic acids is 2. The highest BCUT2D eigenvalue weighted by Crippen LogP contribution is 2.70. The molecule has 0 radical (unpaired) electrons. The van der Waals surface area contributed by atoms with E-state index in [0.29, 0.717) is 17.3 Å². The molecular weight excluding hydrogens is 464 g/mol. The number of anilines is 1. The van der Waals surface area contributed by atoms with Gasteiger partial charge in [0.05, 0.1) is 5.41 Å². The van der Waals surface area contributed by atoms with E-state index >= 15 is 0 Å². The Bertz CT molecular complexity index is 1390. The average molecular weight is 487 g/mol. The van der Waals surface area contributed by atoms with Gasteiger partial charge in [0, 0.05) is 45.4 Å². The molecule has 2 fully saturated rings. The van der Waals surface area contributed by atoms with Crippen molar-refractivity contribution in [2.24, 2.45) is 5.41 Å². The van der Waals surface area contributed by atoms with Crippen LogP contribution in [0.1, 0.15) is 38.5 Å². The van der Waals surface area contributed by atoms with Crippen molar-refractivity contribution in [1.29, 1.82) is 0 Å². The Labute approximate surface area is 207 Å². The number of thioether (sulfide) groups is 1. The fraction of sp³-hybridized carbons (Fsp3) is 0.286. The standard InChI is InChI=1S/C28H23ClN2O2S/c1-16-6-8-17(9-7-16)24-23-14-34-15-31(23)28(21-12-19(29)10-11-22(21)30-26(28)33)27(24)13-18-4-2-3-5-20(18)25(27)32/h2-12,23-24H,13-15H2,1H3,(H,30,33)/t23-,24-,27-,28-/m0/s1. The fourth-order valence-corrected chi connectivity index (χ4v) is 8.69. The lowest BCUT2D eigenvalue weighted by molar-refractivity contribution is -0.130. The summed E-state index contributed by atoms with van der Waals surface area (Å²) in [7, 11) is 0. The Morgan fingerprint density at radius 3 is 2.65 bits per heavy atom. The van der Waals surface area contributed by atoms with Crippen LogP contribution in [-0.4, -0.2) is 34.3 Å². The van der Waals surface area contributed by atoms with Gasteiger partial charge in [-0.2, -0.15) is 0 Å². The third-order valence-electron chi connectivity index (χ3n) is 8.43. The van der Waals surface area contributed by atoms with Crippen LogP contribution in [0.15, 0.2) is 66.7 Å². The van der Waals surface area contributed by atoms with Crippen LogP contribution in [0.4, 0.5) is 5.69 Å². The second kappa shape index (κ2) is 6.97. The van der Waals surface area contributed by atoms with Crippen LogP contribution in [0, 0.1) is 12.3 Å². The van der Waals surface area contributed by atoms with Gasteiger partial charge in [-0.05, 0) is 42.7 Å². The number of benzene rings is 3. The molecule has 0 bridgehead atoms. The summed E-state index contributed by atoms with van der Waals surface area (Å²) < 4.78 is 0. The van der Waals surface area contributed by atoms with Crippen LogP contribution in [0.5, 0.6) is 0 Å². The van der Waals surface area contributed by atoms with Crippen molar-refractivity contribution < 1.29 is 9.59 Å². The van der Waals surface area contributed by atoms with Gasteiger partial charge in [-0.25, -0.2) is 0 Å². The topological polar surface area (TPSA) is 49.4 Å². The summed E-state index contributed by atoms with van der Waals surface area (Å²) in [4.78, 5) is 31.2. The van der Waals surface area contributed by atoms with Gasteiger partial charge in [-0.3, -0.25) is 14.5 Å². The van der Waals surface area contributed by atoms with Crippen molar-refractivity contribution in [2.45, 2.75) is 30.8 Å². The Morgan fingerprint density at radius 2 is 1.85 bits per heavy atom. The van der Waals surface area contributed by atoms with Gasteiger partial charge in [-0.15, -0.1) is 11.8 Å². The first-order valence-corrected chi connectivity index (χ1v) is 13.2. The molecule has 1 aliphatic carbocycles. The fourth-order valence-electron chi connectivity index (χ4n) is 7.22. The van der Waals surface area contributed by atoms with Gasteiger partial charge in [-0.1, -0.05) is 65.7 Å². The first-order chi connectivity index (χ1) is 16.5. The van der Waals surface area contributed by atoms with Crippen LogP contribution in [0.25, 0.3) is 0 Å². The van der Waals surface area contributed by atoms with Crippen LogP contribution < -0.4 is 5.32 Å². The maximum atomic E-state index is 14.7. The minimum absolute atomic E-state index is 0.0710. The third-order valence-corrected chi connectivity index (χ3v) is 9.71. The molecule has 4 atom stereocenters. The molecule has 3 aromatic rings. The van der Waals surface area contributed by atoms with Crippen molar-refractivity contribution in [1.82, 2.24) is 4.90 Å². The number of amides is 1. The molecule has 1 N–H and O–H groups in total. The molecule has 0 saturated carbocycles. The van der Waals surface area contributed by atoms with Gasteiger partial charge in [0.2, 0.25) is 0 Å². The highest BCUT2D eigenvalue weighted by Gasteiger charge is 2.78. The molecule has 2 spiro atoms. The second-order valence-electron chi connectivity index (χ2n) is 9.91. The lowest BCUT2D eigenvalue weighted by Gasteiger charge is -2.44. The maximum absolute atomic E-state index is 14.7. The van der Waals surface area contributed by atoms with Crippen molar-refractivity contribution in [3.8, 4) is 0 Å². The zero-order valence-corrected chi connectivity index (χ0v) is 20.2. The quantitative estimate of drug-likeness (QED) is 0.500. The number of ketones is 1.